The third-order valence-electron chi connectivity index (χ3n) is 4.57. The predicted octanol–water partition coefficient (Wildman–Crippen LogP) is 3.91. The van der Waals surface area contributed by atoms with Gasteiger partial charge in [-0.1, -0.05) is 30.3 Å². The first-order chi connectivity index (χ1) is 10.7. The van der Waals surface area contributed by atoms with Crippen LogP contribution in [0.3, 0.4) is 0 Å². The van der Waals surface area contributed by atoms with E-state index in [2.05, 4.69) is 47.5 Å². The number of anilines is 1. The second-order valence-electron chi connectivity index (χ2n) is 5.91. The molecule has 0 saturated carbocycles. The Balaban J connectivity index is 1.68. The van der Waals surface area contributed by atoms with Crippen LogP contribution in [0.4, 0.5) is 5.00 Å². The van der Waals surface area contributed by atoms with Crippen LogP contribution in [-0.2, 0) is 25.7 Å². The minimum atomic E-state index is 0.952. The molecule has 0 fully saturated rings. The van der Waals surface area contributed by atoms with Crippen LogP contribution in [0.15, 0.2) is 30.3 Å². The molecule has 0 unspecified atom stereocenters. The second-order valence-corrected chi connectivity index (χ2v) is 6.96. The van der Waals surface area contributed by atoms with Crippen LogP contribution in [0.5, 0.6) is 0 Å². The summed E-state index contributed by atoms with van der Waals surface area (Å²) in [5.41, 5.74) is 14.0. The highest BCUT2D eigenvalue weighted by Crippen LogP contribution is 2.44. The molecule has 4 heteroatoms. The summed E-state index contributed by atoms with van der Waals surface area (Å²) in [7, 11) is 0. The summed E-state index contributed by atoms with van der Waals surface area (Å²) in [5, 5.41) is 8.79. The number of rotatable bonds is 3. The van der Waals surface area contributed by atoms with Gasteiger partial charge in [-0.2, -0.15) is 5.10 Å². The number of nitrogens with one attached hydrogen (secondary N) is 1. The molecule has 2 aromatic heterocycles. The molecule has 0 bridgehead atoms. The van der Waals surface area contributed by atoms with E-state index in [1.807, 2.05) is 0 Å². The zero-order valence-electron chi connectivity index (χ0n) is 12.6. The van der Waals surface area contributed by atoms with Crippen molar-refractivity contribution in [1.82, 2.24) is 10.2 Å². The van der Waals surface area contributed by atoms with Gasteiger partial charge in [-0.05, 0) is 49.3 Å². The van der Waals surface area contributed by atoms with E-state index < -0.39 is 0 Å². The number of aryl methyl sites for hydroxylation is 3. The summed E-state index contributed by atoms with van der Waals surface area (Å²) in [6.07, 6.45) is 4.10. The molecule has 3 N–H and O–H groups in total. The number of nitrogens with two attached hydrogens (primary N) is 1. The van der Waals surface area contributed by atoms with E-state index in [4.69, 9.17) is 5.73 Å². The van der Waals surface area contributed by atoms with Gasteiger partial charge in [0.05, 0.1) is 10.7 Å². The molecule has 1 aromatic carbocycles. The second kappa shape index (κ2) is 5.29. The van der Waals surface area contributed by atoms with E-state index >= 15 is 0 Å². The minimum absolute atomic E-state index is 0.952. The van der Waals surface area contributed by atoms with Gasteiger partial charge in [-0.25, -0.2) is 0 Å². The Bertz CT molecular complexity index is 814. The van der Waals surface area contributed by atoms with Crippen molar-refractivity contribution in [1.29, 1.82) is 0 Å². The van der Waals surface area contributed by atoms with Crippen LogP contribution in [0, 0.1) is 6.92 Å². The van der Waals surface area contributed by atoms with E-state index in [-0.39, 0.29) is 0 Å². The molecule has 112 valence electrons. The molecular weight excluding hydrogens is 290 g/mol. The van der Waals surface area contributed by atoms with Gasteiger partial charge in [-0.15, -0.1) is 11.3 Å². The number of benzene rings is 1. The van der Waals surface area contributed by atoms with E-state index in [0.717, 1.165) is 30.7 Å². The summed E-state index contributed by atoms with van der Waals surface area (Å²) in [4.78, 5) is 1.34. The standard InChI is InChI=1S/C18H19N3S/c1-11-13-8-10-15-16(17(13)22-18(11)19)14(20-21-15)9-7-12-5-3-2-4-6-12/h2-6H,7-10,19H2,1H3,(H,20,21). The molecule has 0 spiro atoms. The predicted molar refractivity (Wildman–Crippen MR) is 92.3 cm³/mol. The van der Waals surface area contributed by atoms with Crippen LogP contribution in [-0.4, -0.2) is 10.2 Å². The molecule has 4 rings (SSSR count). The van der Waals surface area contributed by atoms with Crippen molar-refractivity contribution in [2.45, 2.75) is 32.6 Å². The molecule has 1 aliphatic rings. The van der Waals surface area contributed by atoms with Crippen LogP contribution in [0.1, 0.15) is 28.1 Å². The van der Waals surface area contributed by atoms with Crippen LogP contribution in [0.25, 0.3) is 10.4 Å². The molecule has 0 radical (unpaired) electrons. The summed E-state index contributed by atoms with van der Waals surface area (Å²) in [6, 6.07) is 10.6. The van der Waals surface area contributed by atoms with E-state index in [9.17, 15) is 0 Å². The fraction of sp³-hybridized carbons (Fsp3) is 0.278. The quantitative estimate of drug-likeness (QED) is 0.770. The van der Waals surface area contributed by atoms with Gasteiger partial charge < -0.3 is 5.73 Å². The first-order valence-corrected chi connectivity index (χ1v) is 8.54. The van der Waals surface area contributed by atoms with Gasteiger partial charge in [-0.3, -0.25) is 5.10 Å². The molecule has 0 atom stereocenters. The fourth-order valence-corrected chi connectivity index (χ4v) is 4.50. The summed E-state index contributed by atoms with van der Waals surface area (Å²) < 4.78 is 0. The lowest BCUT2D eigenvalue weighted by molar-refractivity contribution is 0.866. The number of aromatic nitrogens is 2. The first kappa shape index (κ1) is 13.6. The van der Waals surface area contributed by atoms with Crippen molar-refractivity contribution >= 4 is 16.3 Å². The normalized spacial score (nSPS) is 13.0. The topological polar surface area (TPSA) is 54.7 Å². The maximum Gasteiger partial charge on any atom is 0.0895 e. The fourth-order valence-electron chi connectivity index (χ4n) is 3.28. The van der Waals surface area contributed by atoms with E-state index in [0.29, 0.717) is 0 Å². The molecule has 2 heterocycles. The summed E-state index contributed by atoms with van der Waals surface area (Å²) >= 11 is 1.72. The zero-order chi connectivity index (χ0) is 15.1. The SMILES string of the molecule is Cc1c(N)sc2c1CCc1[nH]nc(CCc3ccccc3)c1-2. The maximum absolute atomic E-state index is 6.15. The number of H-pyrrole nitrogens is 1. The van der Waals surface area contributed by atoms with Gasteiger partial charge in [0.15, 0.2) is 0 Å². The average Bonchev–Trinajstić information content (AvgIpc) is 3.08. The average molecular weight is 309 g/mol. The molecule has 1 aliphatic carbocycles. The Morgan fingerprint density at radius 2 is 2.00 bits per heavy atom. The van der Waals surface area contributed by atoms with Crippen LogP contribution >= 0.6 is 11.3 Å². The van der Waals surface area contributed by atoms with Crippen molar-refractivity contribution in [3.63, 3.8) is 0 Å². The van der Waals surface area contributed by atoms with Crippen LogP contribution in [0.2, 0.25) is 0 Å². The Kier molecular flexibility index (Phi) is 3.26. The molecule has 0 aliphatic heterocycles. The Morgan fingerprint density at radius 1 is 1.18 bits per heavy atom. The summed E-state index contributed by atoms with van der Waals surface area (Å²) in [6.45, 7) is 2.14. The van der Waals surface area contributed by atoms with E-state index in [1.54, 1.807) is 11.3 Å². The van der Waals surface area contributed by atoms with Gasteiger partial charge in [0.1, 0.15) is 0 Å². The van der Waals surface area contributed by atoms with Gasteiger partial charge >= 0.3 is 0 Å². The highest BCUT2D eigenvalue weighted by Gasteiger charge is 2.26. The number of fused-ring (bicyclic) bond motifs is 3. The molecule has 0 amide bonds. The number of thiophene rings is 1. The number of aromatic amines is 1. The van der Waals surface area contributed by atoms with Crippen molar-refractivity contribution in [2.75, 3.05) is 5.73 Å². The van der Waals surface area contributed by atoms with E-state index in [1.165, 1.54) is 38.5 Å². The van der Waals surface area contributed by atoms with Gasteiger partial charge in [0, 0.05) is 16.1 Å². The van der Waals surface area contributed by atoms with Crippen molar-refractivity contribution < 1.29 is 0 Å². The highest BCUT2D eigenvalue weighted by atomic mass is 32.1. The largest absolute Gasteiger partial charge is 0.390 e. The summed E-state index contributed by atoms with van der Waals surface area (Å²) in [5.74, 6) is 0. The highest BCUT2D eigenvalue weighted by molar-refractivity contribution is 7.19. The molecule has 22 heavy (non-hydrogen) atoms. The minimum Gasteiger partial charge on any atom is -0.390 e. The maximum atomic E-state index is 6.15. The number of hydrogen-bond acceptors (Lipinski definition) is 3. The lowest BCUT2D eigenvalue weighted by atomic mass is 9.91. The van der Waals surface area contributed by atoms with Crippen LogP contribution < -0.4 is 5.73 Å². The Morgan fingerprint density at radius 3 is 2.82 bits per heavy atom. The number of nitrogen functional groups attached to an aromatic ring is 1. The molecule has 0 saturated heterocycles. The number of hydrogen-bond donors (Lipinski definition) is 2. The smallest absolute Gasteiger partial charge is 0.0895 e. The first-order valence-electron chi connectivity index (χ1n) is 7.72. The Hall–Kier alpha value is -2.07. The molecule has 3 nitrogen and oxygen atoms in total. The van der Waals surface area contributed by atoms with Gasteiger partial charge in [0.25, 0.3) is 0 Å². The molecule has 3 aromatic rings. The third kappa shape index (κ3) is 2.15. The van der Waals surface area contributed by atoms with Crippen molar-refractivity contribution in [2.24, 2.45) is 0 Å². The lowest BCUT2D eigenvalue weighted by Gasteiger charge is -2.13. The number of nitrogens with zero attached hydrogens (tertiary/aromatic N) is 1. The lowest BCUT2D eigenvalue weighted by Crippen LogP contribution is -2.03. The van der Waals surface area contributed by atoms with Gasteiger partial charge in [0.2, 0.25) is 0 Å². The molecular formula is C18H19N3S. The monoisotopic (exact) mass is 309 g/mol. The van der Waals surface area contributed by atoms with Crippen molar-refractivity contribution in [3.05, 3.63) is 58.4 Å². The zero-order valence-corrected chi connectivity index (χ0v) is 13.5. The Labute approximate surface area is 134 Å². The third-order valence-corrected chi connectivity index (χ3v) is 5.75. The van der Waals surface area contributed by atoms with Crippen molar-refractivity contribution in [3.8, 4) is 10.4 Å².